The summed E-state index contributed by atoms with van der Waals surface area (Å²) in [5.74, 6) is 1.73. The summed E-state index contributed by atoms with van der Waals surface area (Å²) >= 11 is 0. The summed E-state index contributed by atoms with van der Waals surface area (Å²) in [5.41, 5.74) is 1.43. The van der Waals surface area contributed by atoms with Gasteiger partial charge in [-0.25, -0.2) is 0 Å². The van der Waals surface area contributed by atoms with E-state index in [1.54, 1.807) is 0 Å². The lowest BCUT2D eigenvalue weighted by Crippen LogP contribution is -2.32. The third kappa shape index (κ3) is 2.60. The van der Waals surface area contributed by atoms with E-state index in [1.807, 2.05) is 0 Å². The van der Waals surface area contributed by atoms with Gasteiger partial charge in [-0.2, -0.15) is 0 Å². The number of nitrogens with one attached hydrogen (secondary N) is 1. The van der Waals surface area contributed by atoms with Gasteiger partial charge in [0.15, 0.2) is 0 Å². The normalized spacial score (nSPS) is 26.2. The first-order valence-electron chi connectivity index (χ1n) is 7.99. The highest BCUT2D eigenvalue weighted by atomic mass is 14.9. The molecule has 1 heteroatoms. The molecular formula is C19H25N. The Hall–Kier alpha value is -1.34. The Morgan fingerprint density at radius 1 is 1.05 bits per heavy atom. The molecule has 3 unspecified atom stereocenters. The molecule has 1 aliphatic rings. The second-order valence-corrected chi connectivity index (χ2v) is 6.23. The van der Waals surface area contributed by atoms with Crippen LogP contribution in [0.15, 0.2) is 42.5 Å². The van der Waals surface area contributed by atoms with E-state index < -0.39 is 0 Å². The predicted molar refractivity (Wildman–Crippen MR) is 86.8 cm³/mol. The van der Waals surface area contributed by atoms with Gasteiger partial charge in [-0.05, 0) is 41.0 Å². The SMILES string of the molecule is CCC1CCC(NCc2cccc3ccccc23)C1C. The molecule has 3 atom stereocenters. The fraction of sp³-hybridized carbons (Fsp3) is 0.474. The van der Waals surface area contributed by atoms with E-state index in [2.05, 4.69) is 61.6 Å². The first kappa shape index (κ1) is 13.6. The second kappa shape index (κ2) is 5.97. The van der Waals surface area contributed by atoms with Crippen molar-refractivity contribution in [2.24, 2.45) is 11.8 Å². The first-order valence-corrected chi connectivity index (χ1v) is 7.99. The minimum absolute atomic E-state index is 0.693. The average Bonchev–Trinajstić information content (AvgIpc) is 2.85. The molecule has 0 radical (unpaired) electrons. The monoisotopic (exact) mass is 267 g/mol. The smallest absolute Gasteiger partial charge is 0.0214 e. The molecule has 0 amide bonds. The zero-order valence-electron chi connectivity index (χ0n) is 12.6. The Labute approximate surface area is 122 Å². The van der Waals surface area contributed by atoms with Crippen molar-refractivity contribution in [3.8, 4) is 0 Å². The van der Waals surface area contributed by atoms with Crippen molar-refractivity contribution in [3.63, 3.8) is 0 Å². The highest BCUT2D eigenvalue weighted by Crippen LogP contribution is 2.34. The van der Waals surface area contributed by atoms with Crippen LogP contribution in [0, 0.1) is 11.8 Å². The minimum atomic E-state index is 0.693. The van der Waals surface area contributed by atoms with Gasteiger partial charge < -0.3 is 5.32 Å². The van der Waals surface area contributed by atoms with Crippen LogP contribution < -0.4 is 5.32 Å². The largest absolute Gasteiger partial charge is 0.310 e. The molecule has 1 nitrogen and oxygen atoms in total. The molecule has 2 aromatic rings. The summed E-state index contributed by atoms with van der Waals surface area (Å²) in [4.78, 5) is 0. The molecule has 106 valence electrons. The Morgan fingerprint density at radius 3 is 2.65 bits per heavy atom. The highest BCUT2D eigenvalue weighted by molar-refractivity contribution is 5.85. The van der Waals surface area contributed by atoms with Gasteiger partial charge >= 0.3 is 0 Å². The highest BCUT2D eigenvalue weighted by Gasteiger charge is 2.30. The fourth-order valence-corrected chi connectivity index (χ4v) is 3.80. The molecule has 1 fully saturated rings. The standard InChI is InChI=1S/C19H25N/c1-3-15-11-12-19(14(15)2)20-13-17-9-6-8-16-7-4-5-10-18(16)17/h4-10,14-15,19-20H,3,11-13H2,1-2H3. The Bertz CT molecular complexity index is 569. The maximum absolute atomic E-state index is 3.80. The van der Waals surface area contributed by atoms with Crippen molar-refractivity contribution in [3.05, 3.63) is 48.0 Å². The molecule has 0 spiro atoms. The summed E-state index contributed by atoms with van der Waals surface area (Å²) in [6, 6.07) is 16.0. The van der Waals surface area contributed by atoms with Crippen LogP contribution in [0.25, 0.3) is 10.8 Å². The van der Waals surface area contributed by atoms with Crippen molar-refractivity contribution in [2.45, 2.75) is 45.7 Å². The molecule has 0 saturated heterocycles. The summed E-state index contributed by atoms with van der Waals surface area (Å²) in [5, 5.41) is 6.54. The maximum atomic E-state index is 3.80. The van der Waals surface area contributed by atoms with Gasteiger partial charge in [0.05, 0.1) is 0 Å². The first-order chi connectivity index (χ1) is 9.79. The molecule has 1 aliphatic carbocycles. The van der Waals surface area contributed by atoms with E-state index in [-0.39, 0.29) is 0 Å². The number of rotatable bonds is 4. The number of hydrogen-bond acceptors (Lipinski definition) is 1. The van der Waals surface area contributed by atoms with Gasteiger partial charge in [0.25, 0.3) is 0 Å². The quantitative estimate of drug-likeness (QED) is 0.842. The van der Waals surface area contributed by atoms with Crippen molar-refractivity contribution >= 4 is 10.8 Å². The van der Waals surface area contributed by atoms with Crippen LogP contribution in [-0.4, -0.2) is 6.04 Å². The lowest BCUT2D eigenvalue weighted by Gasteiger charge is -2.21. The second-order valence-electron chi connectivity index (χ2n) is 6.23. The minimum Gasteiger partial charge on any atom is -0.310 e. The van der Waals surface area contributed by atoms with Crippen LogP contribution in [0.1, 0.15) is 38.7 Å². The van der Waals surface area contributed by atoms with Gasteiger partial charge in [0, 0.05) is 12.6 Å². The lowest BCUT2D eigenvalue weighted by atomic mass is 9.93. The van der Waals surface area contributed by atoms with E-state index in [9.17, 15) is 0 Å². The predicted octanol–water partition coefficient (Wildman–Crippen LogP) is 4.75. The molecule has 0 heterocycles. The summed E-state index contributed by atoms with van der Waals surface area (Å²) in [7, 11) is 0. The maximum Gasteiger partial charge on any atom is 0.0214 e. The van der Waals surface area contributed by atoms with Crippen molar-refractivity contribution in [1.82, 2.24) is 5.32 Å². The molecule has 1 N–H and O–H groups in total. The molecule has 1 saturated carbocycles. The van der Waals surface area contributed by atoms with Gasteiger partial charge in [-0.15, -0.1) is 0 Å². The molecule has 20 heavy (non-hydrogen) atoms. The Kier molecular flexibility index (Phi) is 4.07. The van der Waals surface area contributed by atoms with Gasteiger partial charge in [0.2, 0.25) is 0 Å². The third-order valence-corrected chi connectivity index (χ3v) is 5.19. The van der Waals surface area contributed by atoms with E-state index in [0.717, 1.165) is 18.4 Å². The summed E-state index contributed by atoms with van der Waals surface area (Å²) in [6.45, 7) is 5.74. The molecule has 0 aliphatic heterocycles. The van der Waals surface area contributed by atoms with Crippen molar-refractivity contribution < 1.29 is 0 Å². The molecule has 2 aromatic carbocycles. The molecule has 0 bridgehead atoms. The van der Waals surface area contributed by atoms with Crippen LogP contribution >= 0.6 is 0 Å². The van der Waals surface area contributed by atoms with Crippen LogP contribution in [-0.2, 0) is 6.54 Å². The Morgan fingerprint density at radius 2 is 1.85 bits per heavy atom. The third-order valence-electron chi connectivity index (χ3n) is 5.19. The lowest BCUT2D eigenvalue weighted by molar-refractivity contribution is 0.344. The van der Waals surface area contributed by atoms with Gasteiger partial charge in [0.1, 0.15) is 0 Å². The van der Waals surface area contributed by atoms with Crippen molar-refractivity contribution in [1.29, 1.82) is 0 Å². The zero-order chi connectivity index (χ0) is 13.9. The average molecular weight is 267 g/mol. The van der Waals surface area contributed by atoms with Crippen LogP contribution in [0.5, 0.6) is 0 Å². The zero-order valence-corrected chi connectivity index (χ0v) is 12.6. The Balaban J connectivity index is 1.72. The summed E-state index contributed by atoms with van der Waals surface area (Å²) in [6.07, 6.45) is 4.06. The van der Waals surface area contributed by atoms with E-state index in [0.29, 0.717) is 6.04 Å². The summed E-state index contributed by atoms with van der Waals surface area (Å²) < 4.78 is 0. The molecule has 0 aromatic heterocycles. The van der Waals surface area contributed by atoms with E-state index in [1.165, 1.54) is 35.6 Å². The topological polar surface area (TPSA) is 12.0 Å². The van der Waals surface area contributed by atoms with E-state index >= 15 is 0 Å². The van der Waals surface area contributed by atoms with Crippen LogP contribution in [0.3, 0.4) is 0 Å². The molecular weight excluding hydrogens is 242 g/mol. The van der Waals surface area contributed by atoms with Crippen LogP contribution in [0.2, 0.25) is 0 Å². The van der Waals surface area contributed by atoms with Crippen molar-refractivity contribution in [2.75, 3.05) is 0 Å². The van der Waals surface area contributed by atoms with Gasteiger partial charge in [-0.1, -0.05) is 62.7 Å². The number of benzene rings is 2. The number of hydrogen-bond donors (Lipinski definition) is 1. The van der Waals surface area contributed by atoms with Gasteiger partial charge in [-0.3, -0.25) is 0 Å². The van der Waals surface area contributed by atoms with Crippen LogP contribution in [0.4, 0.5) is 0 Å². The fourth-order valence-electron chi connectivity index (χ4n) is 3.80. The molecule has 3 rings (SSSR count). The number of fused-ring (bicyclic) bond motifs is 1. The van der Waals surface area contributed by atoms with E-state index in [4.69, 9.17) is 0 Å².